The lowest BCUT2D eigenvalue weighted by Crippen LogP contribution is -2.11. The van der Waals surface area contributed by atoms with Gasteiger partial charge in [0.05, 0.1) is 5.69 Å². The van der Waals surface area contributed by atoms with Crippen LogP contribution in [0.1, 0.15) is 0 Å². The van der Waals surface area contributed by atoms with Gasteiger partial charge in [-0.3, -0.25) is 0 Å². The number of furan rings is 1. The molecule has 52 heavy (non-hydrogen) atoms. The summed E-state index contributed by atoms with van der Waals surface area (Å²) >= 11 is 0. The molecule has 0 saturated carbocycles. The first-order valence-electron chi connectivity index (χ1n) is 17.7. The molecule has 0 unspecified atom stereocenters. The highest BCUT2D eigenvalue weighted by atomic mass is 16.3. The minimum atomic E-state index is 0.894. The quantitative estimate of drug-likeness (QED) is 0.176. The van der Waals surface area contributed by atoms with E-state index in [1.807, 2.05) is 0 Å². The summed E-state index contributed by atoms with van der Waals surface area (Å²) in [5.74, 6) is 0. The molecule has 0 radical (unpaired) electrons. The van der Waals surface area contributed by atoms with Gasteiger partial charge in [-0.25, -0.2) is 0 Å². The van der Waals surface area contributed by atoms with E-state index in [1.165, 1.54) is 43.8 Å². The molecule has 1 aromatic heterocycles. The van der Waals surface area contributed by atoms with Crippen molar-refractivity contribution in [1.29, 1.82) is 0 Å². The van der Waals surface area contributed by atoms with Crippen molar-refractivity contribution in [2.24, 2.45) is 0 Å². The number of anilines is 3. The van der Waals surface area contributed by atoms with E-state index in [9.17, 15) is 0 Å². The molecule has 0 aliphatic carbocycles. The minimum Gasteiger partial charge on any atom is -0.456 e. The third-order valence-corrected chi connectivity index (χ3v) is 10.2. The Morgan fingerprint density at radius 3 is 1.56 bits per heavy atom. The van der Waals surface area contributed by atoms with E-state index in [1.54, 1.807) is 0 Å². The van der Waals surface area contributed by atoms with Crippen molar-refractivity contribution in [2.45, 2.75) is 0 Å². The van der Waals surface area contributed by atoms with Gasteiger partial charge in [0, 0.05) is 27.7 Å². The van der Waals surface area contributed by atoms with Crippen LogP contribution in [0, 0.1) is 0 Å². The highest BCUT2D eigenvalue weighted by molar-refractivity contribution is 6.11. The van der Waals surface area contributed by atoms with Crippen molar-refractivity contribution >= 4 is 60.5 Å². The molecule has 0 aliphatic rings. The molecular weight excluding hydrogens is 631 g/mol. The molecule has 0 fully saturated rings. The summed E-state index contributed by atoms with van der Waals surface area (Å²) < 4.78 is 6.37. The number of hydrogen-bond acceptors (Lipinski definition) is 2. The SMILES string of the molecule is c1ccc(-c2ccc(-c3ccc(N(c4ccc5ccccc5c4)c4ccccc4-c4ccc5oc6cc7ccccc7cc6c5c4)cc3)cc2)cc1. The molecule has 0 atom stereocenters. The van der Waals surface area contributed by atoms with E-state index in [2.05, 4.69) is 205 Å². The van der Waals surface area contributed by atoms with E-state index in [0.717, 1.165) is 50.1 Å². The fourth-order valence-corrected chi connectivity index (χ4v) is 7.57. The van der Waals surface area contributed by atoms with Gasteiger partial charge in [-0.15, -0.1) is 0 Å². The van der Waals surface area contributed by atoms with Crippen LogP contribution < -0.4 is 4.90 Å². The normalized spacial score (nSPS) is 11.5. The lowest BCUT2D eigenvalue weighted by atomic mass is 9.98. The van der Waals surface area contributed by atoms with Gasteiger partial charge >= 0.3 is 0 Å². The summed E-state index contributed by atoms with van der Waals surface area (Å²) in [7, 11) is 0. The number of benzene rings is 9. The van der Waals surface area contributed by atoms with Crippen LogP contribution in [0.2, 0.25) is 0 Å². The number of fused-ring (bicyclic) bond motifs is 5. The maximum atomic E-state index is 6.37. The molecule has 2 heteroatoms. The second-order valence-corrected chi connectivity index (χ2v) is 13.4. The summed E-state index contributed by atoms with van der Waals surface area (Å²) in [5.41, 5.74) is 12.2. The van der Waals surface area contributed by atoms with Crippen molar-refractivity contribution in [3.8, 4) is 33.4 Å². The van der Waals surface area contributed by atoms with Crippen LogP contribution in [0.25, 0.3) is 76.9 Å². The molecule has 0 saturated heterocycles. The van der Waals surface area contributed by atoms with E-state index >= 15 is 0 Å². The van der Waals surface area contributed by atoms with Gasteiger partial charge in [0.25, 0.3) is 0 Å². The summed E-state index contributed by atoms with van der Waals surface area (Å²) in [5, 5.41) is 7.07. The molecule has 9 aromatic carbocycles. The van der Waals surface area contributed by atoms with E-state index in [-0.39, 0.29) is 0 Å². The number of rotatable bonds is 6. The zero-order chi connectivity index (χ0) is 34.4. The second kappa shape index (κ2) is 12.5. The van der Waals surface area contributed by atoms with E-state index < -0.39 is 0 Å². The maximum absolute atomic E-state index is 6.37. The highest BCUT2D eigenvalue weighted by Crippen LogP contribution is 2.43. The van der Waals surface area contributed by atoms with Gasteiger partial charge in [-0.1, -0.05) is 146 Å². The van der Waals surface area contributed by atoms with Crippen LogP contribution in [0.4, 0.5) is 17.1 Å². The Kier molecular flexibility index (Phi) is 7.18. The zero-order valence-corrected chi connectivity index (χ0v) is 28.4. The lowest BCUT2D eigenvalue weighted by molar-refractivity contribution is 0.669. The molecule has 0 spiro atoms. The Bertz CT molecular complexity index is 2890. The van der Waals surface area contributed by atoms with Crippen LogP contribution in [0.5, 0.6) is 0 Å². The topological polar surface area (TPSA) is 16.4 Å². The molecular formula is C50H33NO. The largest absolute Gasteiger partial charge is 0.456 e. The van der Waals surface area contributed by atoms with Crippen molar-refractivity contribution in [3.05, 3.63) is 200 Å². The van der Waals surface area contributed by atoms with Crippen LogP contribution in [-0.2, 0) is 0 Å². The Morgan fingerprint density at radius 2 is 0.827 bits per heavy atom. The standard InChI is InChI=1S/C50H33NO/c1-2-10-34(11-3-1)36-18-20-37(21-19-36)38-22-26-43(27-23-38)51(44-28-24-35-12-4-5-13-39(35)30-44)48-17-9-8-16-45(48)42-25-29-49-46(32-42)47-31-40-14-6-7-15-41(40)33-50(47)52-49/h1-33H. The minimum absolute atomic E-state index is 0.894. The Hall–Kier alpha value is -6.90. The maximum Gasteiger partial charge on any atom is 0.136 e. The summed E-state index contributed by atoms with van der Waals surface area (Å²) in [6.07, 6.45) is 0. The van der Waals surface area contributed by atoms with Crippen molar-refractivity contribution in [3.63, 3.8) is 0 Å². The predicted octanol–water partition coefficient (Wildman–Crippen LogP) is 14.4. The Balaban J connectivity index is 1.09. The van der Waals surface area contributed by atoms with Crippen LogP contribution in [0.15, 0.2) is 205 Å². The molecule has 0 N–H and O–H groups in total. The van der Waals surface area contributed by atoms with Gasteiger partial charge < -0.3 is 9.32 Å². The number of para-hydroxylation sites is 1. The van der Waals surface area contributed by atoms with Crippen molar-refractivity contribution in [1.82, 2.24) is 0 Å². The molecule has 2 nitrogen and oxygen atoms in total. The highest BCUT2D eigenvalue weighted by Gasteiger charge is 2.19. The third kappa shape index (κ3) is 5.30. The molecule has 10 aromatic rings. The fraction of sp³-hybridized carbons (Fsp3) is 0. The molecule has 0 bridgehead atoms. The van der Waals surface area contributed by atoms with Gasteiger partial charge in [-0.05, 0) is 104 Å². The van der Waals surface area contributed by atoms with Crippen molar-refractivity contribution < 1.29 is 4.42 Å². The molecule has 0 aliphatic heterocycles. The van der Waals surface area contributed by atoms with Gasteiger partial charge in [0.15, 0.2) is 0 Å². The summed E-state index contributed by atoms with van der Waals surface area (Å²) in [6.45, 7) is 0. The van der Waals surface area contributed by atoms with Gasteiger partial charge in [-0.2, -0.15) is 0 Å². The molecule has 244 valence electrons. The third-order valence-electron chi connectivity index (χ3n) is 10.2. The summed E-state index contributed by atoms with van der Waals surface area (Å²) in [6, 6.07) is 71.8. The second-order valence-electron chi connectivity index (χ2n) is 13.4. The van der Waals surface area contributed by atoms with E-state index in [4.69, 9.17) is 4.42 Å². The summed E-state index contributed by atoms with van der Waals surface area (Å²) in [4.78, 5) is 2.38. The molecule has 1 heterocycles. The smallest absolute Gasteiger partial charge is 0.136 e. The Labute approximate surface area is 302 Å². The monoisotopic (exact) mass is 663 g/mol. The molecule has 0 amide bonds. The first-order valence-corrected chi connectivity index (χ1v) is 17.7. The van der Waals surface area contributed by atoms with E-state index in [0.29, 0.717) is 0 Å². The van der Waals surface area contributed by atoms with Gasteiger partial charge in [0.1, 0.15) is 11.2 Å². The van der Waals surface area contributed by atoms with Crippen molar-refractivity contribution in [2.75, 3.05) is 4.90 Å². The van der Waals surface area contributed by atoms with Crippen LogP contribution in [0.3, 0.4) is 0 Å². The first kappa shape index (κ1) is 30.0. The Morgan fingerprint density at radius 1 is 0.308 bits per heavy atom. The van der Waals surface area contributed by atoms with Crippen LogP contribution in [-0.4, -0.2) is 0 Å². The van der Waals surface area contributed by atoms with Crippen LogP contribution >= 0.6 is 0 Å². The predicted molar refractivity (Wildman–Crippen MR) is 220 cm³/mol. The average molecular weight is 664 g/mol. The fourth-order valence-electron chi connectivity index (χ4n) is 7.57. The first-order chi connectivity index (χ1) is 25.7. The number of nitrogens with zero attached hydrogens (tertiary/aromatic N) is 1. The zero-order valence-electron chi connectivity index (χ0n) is 28.4. The number of hydrogen-bond donors (Lipinski definition) is 0. The molecule has 10 rings (SSSR count). The lowest BCUT2D eigenvalue weighted by Gasteiger charge is -2.28. The average Bonchev–Trinajstić information content (AvgIpc) is 3.57. The van der Waals surface area contributed by atoms with Gasteiger partial charge in [0.2, 0.25) is 0 Å².